The van der Waals surface area contributed by atoms with Crippen LogP contribution in [0.2, 0.25) is 0 Å². The molecule has 0 bridgehead atoms. The number of nitrogens with one attached hydrogen (secondary N) is 1. The number of nitrogens with zero attached hydrogens (tertiary/aromatic N) is 1. The molecule has 0 fully saturated rings. The Labute approximate surface area is 142 Å². The number of alkyl halides is 1. The minimum atomic E-state index is -3.47. The minimum absolute atomic E-state index is 0.271. The Morgan fingerprint density at radius 3 is 2.57 bits per heavy atom. The zero-order valence-corrected chi connectivity index (χ0v) is 14.3. The van der Waals surface area contributed by atoms with E-state index in [1.54, 1.807) is 24.3 Å². The van der Waals surface area contributed by atoms with Crippen LogP contribution in [-0.2, 0) is 22.3 Å². The summed E-state index contributed by atoms with van der Waals surface area (Å²) < 4.78 is 27.2. The average molecular weight is 351 g/mol. The molecule has 1 N–H and O–H groups in total. The van der Waals surface area contributed by atoms with E-state index in [2.05, 4.69) is 21.8 Å². The summed E-state index contributed by atoms with van der Waals surface area (Å²) in [5.41, 5.74) is 3.43. The van der Waals surface area contributed by atoms with Crippen molar-refractivity contribution < 1.29 is 8.42 Å². The van der Waals surface area contributed by atoms with Crippen LogP contribution in [-0.4, -0.2) is 28.1 Å². The monoisotopic (exact) mass is 350 g/mol. The Kier molecular flexibility index (Phi) is 4.90. The van der Waals surface area contributed by atoms with Crippen LogP contribution in [0.1, 0.15) is 11.1 Å². The van der Waals surface area contributed by atoms with E-state index in [4.69, 9.17) is 11.6 Å². The highest BCUT2D eigenvalue weighted by atomic mass is 35.5. The number of fused-ring (bicyclic) bond motifs is 1. The fraction of sp³-hybridized carbons (Fsp3) is 0.294. The Bertz CT molecular complexity index is 775. The number of halogens is 1. The molecule has 4 nitrogen and oxygen atoms in total. The number of sulfonamides is 1. The molecule has 23 heavy (non-hydrogen) atoms. The van der Waals surface area contributed by atoms with Gasteiger partial charge in [-0.15, -0.1) is 11.6 Å². The van der Waals surface area contributed by atoms with Gasteiger partial charge in [0.15, 0.2) is 0 Å². The summed E-state index contributed by atoms with van der Waals surface area (Å²) in [5.74, 6) is 0.377. The second-order valence-corrected chi connectivity index (χ2v) is 7.58. The number of anilines is 1. The maximum atomic E-state index is 12.3. The first kappa shape index (κ1) is 16.3. The third-order valence-electron chi connectivity index (χ3n) is 4.05. The van der Waals surface area contributed by atoms with Gasteiger partial charge in [0.1, 0.15) is 0 Å². The molecule has 1 aliphatic heterocycles. The average Bonchev–Trinajstić information content (AvgIpc) is 2.98. The van der Waals surface area contributed by atoms with Crippen molar-refractivity contribution in [3.63, 3.8) is 0 Å². The van der Waals surface area contributed by atoms with Gasteiger partial charge in [0, 0.05) is 31.2 Å². The first-order valence-electron chi connectivity index (χ1n) is 7.57. The van der Waals surface area contributed by atoms with Crippen molar-refractivity contribution >= 4 is 27.3 Å². The summed E-state index contributed by atoms with van der Waals surface area (Å²) in [4.78, 5) is 2.49. The fourth-order valence-electron chi connectivity index (χ4n) is 2.79. The van der Waals surface area contributed by atoms with Gasteiger partial charge in [0.05, 0.1) is 4.90 Å². The molecular formula is C17H19ClN2O2S. The predicted octanol–water partition coefficient (Wildman–Crippen LogP) is 2.77. The maximum Gasteiger partial charge on any atom is 0.240 e. The zero-order chi connectivity index (χ0) is 16.3. The Morgan fingerprint density at radius 1 is 1.09 bits per heavy atom. The molecule has 0 spiro atoms. The second kappa shape index (κ2) is 6.91. The molecule has 0 amide bonds. The summed E-state index contributed by atoms with van der Waals surface area (Å²) in [7, 11) is -3.47. The standard InChI is InChI=1S/C17H19ClN2O2S/c18-13-14-5-7-16(8-6-14)23(21,22)19-10-12-20-11-9-15-3-1-2-4-17(15)20/h1-8,19H,9-13H2. The minimum Gasteiger partial charge on any atom is -0.370 e. The molecule has 0 atom stereocenters. The van der Waals surface area contributed by atoms with Gasteiger partial charge in [-0.2, -0.15) is 0 Å². The summed E-state index contributed by atoms with van der Waals surface area (Å²) in [5, 5.41) is 0. The number of rotatable bonds is 6. The predicted molar refractivity (Wildman–Crippen MR) is 93.5 cm³/mol. The van der Waals surface area contributed by atoms with Gasteiger partial charge in [-0.1, -0.05) is 30.3 Å². The number of hydrogen-bond acceptors (Lipinski definition) is 3. The van der Waals surface area contributed by atoms with Gasteiger partial charge in [0.2, 0.25) is 10.0 Å². The summed E-state index contributed by atoms with van der Waals surface area (Å²) in [6, 6.07) is 14.9. The molecule has 122 valence electrons. The van der Waals surface area contributed by atoms with Gasteiger partial charge in [0.25, 0.3) is 0 Å². The quantitative estimate of drug-likeness (QED) is 0.815. The van der Waals surface area contributed by atoms with Crippen molar-refractivity contribution in [2.24, 2.45) is 0 Å². The number of benzene rings is 2. The first-order chi connectivity index (χ1) is 11.1. The molecule has 6 heteroatoms. The highest BCUT2D eigenvalue weighted by molar-refractivity contribution is 7.89. The molecule has 0 saturated carbocycles. The van der Waals surface area contributed by atoms with Crippen molar-refractivity contribution in [3.05, 3.63) is 59.7 Å². The van der Waals surface area contributed by atoms with E-state index in [0.717, 1.165) is 18.5 Å². The van der Waals surface area contributed by atoms with E-state index in [9.17, 15) is 8.42 Å². The number of para-hydroxylation sites is 1. The van der Waals surface area contributed by atoms with Crippen LogP contribution >= 0.6 is 11.6 Å². The highest BCUT2D eigenvalue weighted by Gasteiger charge is 2.19. The Balaban J connectivity index is 1.60. The third kappa shape index (κ3) is 3.68. The Hall–Kier alpha value is -1.56. The summed E-state index contributed by atoms with van der Waals surface area (Å²) in [6.45, 7) is 1.98. The molecule has 1 aliphatic rings. The maximum absolute atomic E-state index is 12.3. The Morgan fingerprint density at radius 2 is 1.83 bits per heavy atom. The van der Waals surface area contributed by atoms with Crippen LogP contribution < -0.4 is 9.62 Å². The zero-order valence-electron chi connectivity index (χ0n) is 12.7. The molecule has 1 heterocycles. The number of hydrogen-bond donors (Lipinski definition) is 1. The van der Waals surface area contributed by atoms with Gasteiger partial charge >= 0.3 is 0 Å². The molecule has 3 rings (SSSR count). The lowest BCUT2D eigenvalue weighted by atomic mass is 10.2. The third-order valence-corrected chi connectivity index (χ3v) is 5.83. The van der Waals surface area contributed by atoms with Crippen molar-refractivity contribution in [1.82, 2.24) is 4.72 Å². The molecule has 0 aromatic heterocycles. The molecule has 0 radical (unpaired) electrons. The molecule has 0 aliphatic carbocycles. The van der Waals surface area contributed by atoms with E-state index in [0.29, 0.717) is 19.0 Å². The van der Waals surface area contributed by atoms with Crippen LogP contribution in [0.3, 0.4) is 0 Å². The smallest absolute Gasteiger partial charge is 0.240 e. The summed E-state index contributed by atoms with van der Waals surface area (Å²) in [6.07, 6.45) is 1.02. The molecular weight excluding hydrogens is 332 g/mol. The van der Waals surface area contributed by atoms with E-state index in [-0.39, 0.29) is 4.90 Å². The van der Waals surface area contributed by atoms with E-state index < -0.39 is 10.0 Å². The highest BCUT2D eigenvalue weighted by Crippen LogP contribution is 2.26. The molecule has 2 aromatic carbocycles. The van der Waals surface area contributed by atoms with Crippen molar-refractivity contribution in [2.75, 3.05) is 24.5 Å². The van der Waals surface area contributed by atoms with Crippen LogP contribution in [0, 0.1) is 0 Å². The van der Waals surface area contributed by atoms with Gasteiger partial charge < -0.3 is 4.90 Å². The van der Waals surface area contributed by atoms with Crippen LogP contribution in [0.5, 0.6) is 0 Å². The van der Waals surface area contributed by atoms with E-state index >= 15 is 0 Å². The lowest BCUT2D eigenvalue weighted by molar-refractivity contribution is 0.581. The normalized spacial score (nSPS) is 14.0. The first-order valence-corrected chi connectivity index (χ1v) is 9.59. The van der Waals surface area contributed by atoms with E-state index in [1.807, 2.05) is 12.1 Å². The van der Waals surface area contributed by atoms with Gasteiger partial charge in [-0.25, -0.2) is 13.1 Å². The second-order valence-electron chi connectivity index (χ2n) is 5.54. The van der Waals surface area contributed by atoms with Crippen molar-refractivity contribution in [3.8, 4) is 0 Å². The lowest BCUT2D eigenvalue weighted by Crippen LogP contribution is -2.34. The van der Waals surface area contributed by atoms with Gasteiger partial charge in [-0.3, -0.25) is 0 Å². The van der Waals surface area contributed by atoms with Gasteiger partial charge in [-0.05, 0) is 35.7 Å². The topological polar surface area (TPSA) is 49.4 Å². The van der Waals surface area contributed by atoms with Crippen molar-refractivity contribution in [1.29, 1.82) is 0 Å². The fourth-order valence-corrected chi connectivity index (χ4v) is 3.99. The largest absolute Gasteiger partial charge is 0.370 e. The SMILES string of the molecule is O=S(=O)(NCCN1CCc2ccccc21)c1ccc(CCl)cc1. The van der Waals surface area contributed by atoms with Crippen LogP contribution in [0.25, 0.3) is 0 Å². The van der Waals surface area contributed by atoms with Crippen LogP contribution in [0.15, 0.2) is 53.4 Å². The molecule has 2 aromatic rings. The van der Waals surface area contributed by atoms with Crippen LogP contribution in [0.4, 0.5) is 5.69 Å². The lowest BCUT2D eigenvalue weighted by Gasteiger charge is -2.19. The van der Waals surface area contributed by atoms with E-state index in [1.165, 1.54) is 11.3 Å². The summed E-state index contributed by atoms with van der Waals surface area (Å²) >= 11 is 5.72. The molecule has 0 saturated heterocycles. The molecule has 0 unspecified atom stereocenters. The van der Waals surface area contributed by atoms with Crippen molar-refractivity contribution in [2.45, 2.75) is 17.2 Å².